The minimum Gasteiger partial charge on any atom is -0.317 e. The highest BCUT2D eigenvalue weighted by Crippen LogP contribution is 2.35. The monoisotopic (exact) mass is 338 g/mol. The van der Waals surface area contributed by atoms with Gasteiger partial charge in [-0.25, -0.2) is 17.5 Å². The Labute approximate surface area is 134 Å². The molecule has 1 aromatic heterocycles. The molecule has 0 atom stereocenters. The van der Waals surface area contributed by atoms with E-state index in [0.29, 0.717) is 17.3 Å². The van der Waals surface area contributed by atoms with Gasteiger partial charge < -0.3 is 4.57 Å². The molecule has 3 rings (SSSR count). The summed E-state index contributed by atoms with van der Waals surface area (Å²) in [4.78, 5) is 0. The first-order valence-corrected chi connectivity index (χ1v) is 9.20. The maximum atomic E-state index is 12.9. The Kier molecular flexibility index (Phi) is 4.45. The van der Waals surface area contributed by atoms with Crippen LogP contribution in [0.25, 0.3) is 0 Å². The van der Waals surface area contributed by atoms with Crippen LogP contribution in [0.5, 0.6) is 0 Å². The van der Waals surface area contributed by atoms with Gasteiger partial charge in [-0.1, -0.05) is 18.6 Å². The molecule has 1 aliphatic carbocycles. The van der Waals surface area contributed by atoms with Gasteiger partial charge in [0, 0.05) is 13.0 Å². The van der Waals surface area contributed by atoms with Crippen LogP contribution in [0.1, 0.15) is 42.4 Å². The lowest BCUT2D eigenvalue weighted by Crippen LogP contribution is -2.26. The zero-order chi connectivity index (χ0) is 16.4. The van der Waals surface area contributed by atoms with E-state index in [4.69, 9.17) is 0 Å². The molecule has 1 fully saturated rings. The lowest BCUT2D eigenvalue weighted by Gasteiger charge is -2.24. The van der Waals surface area contributed by atoms with Crippen molar-refractivity contribution in [3.63, 3.8) is 0 Å². The van der Waals surface area contributed by atoms with Crippen molar-refractivity contribution in [2.75, 3.05) is 0 Å². The molecule has 1 aromatic carbocycles. The van der Waals surface area contributed by atoms with Gasteiger partial charge in [0.1, 0.15) is 17.5 Å². The molecule has 0 bridgehead atoms. The molecule has 1 heterocycles. The number of sulfonamides is 1. The molecule has 0 unspecified atom stereocenters. The molecule has 1 aliphatic rings. The molecule has 1 saturated carbocycles. The van der Waals surface area contributed by atoms with Crippen LogP contribution in [-0.4, -0.2) is 23.2 Å². The standard InChI is InChI=1S/C15H19FN4O2S/c1-20-14(18-19-15(20)12-3-2-4-12)9-17-23(21,22)10-11-5-7-13(16)8-6-11/h5-8,12,17H,2-4,9-10H2,1H3. The summed E-state index contributed by atoms with van der Waals surface area (Å²) in [5, 5.41) is 8.25. The average Bonchev–Trinajstić information content (AvgIpc) is 2.79. The van der Waals surface area contributed by atoms with Crippen molar-refractivity contribution in [2.24, 2.45) is 7.05 Å². The number of nitrogens with zero attached hydrogens (tertiary/aromatic N) is 3. The zero-order valence-corrected chi connectivity index (χ0v) is 13.7. The van der Waals surface area contributed by atoms with Crippen LogP contribution in [0.3, 0.4) is 0 Å². The van der Waals surface area contributed by atoms with Gasteiger partial charge in [0.15, 0.2) is 0 Å². The molecule has 1 N–H and O–H groups in total. The van der Waals surface area contributed by atoms with E-state index in [0.717, 1.165) is 18.7 Å². The van der Waals surface area contributed by atoms with Crippen LogP contribution < -0.4 is 4.72 Å². The summed E-state index contributed by atoms with van der Waals surface area (Å²) in [6, 6.07) is 5.42. The SMILES string of the molecule is Cn1c(CNS(=O)(=O)Cc2ccc(F)cc2)nnc1C1CCC1. The van der Waals surface area contributed by atoms with Crippen molar-refractivity contribution < 1.29 is 12.8 Å². The van der Waals surface area contributed by atoms with Crippen LogP contribution in [0, 0.1) is 5.82 Å². The van der Waals surface area contributed by atoms with Gasteiger partial charge in [0.2, 0.25) is 10.0 Å². The van der Waals surface area contributed by atoms with E-state index in [2.05, 4.69) is 14.9 Å². The summed E-state index contributed by atoms with van der Waals surface area (Å²) in [7, 11) is -1.66. The van der Waals surface area contributed by atoms with E-state index >= 15 is 0 Å². The van der Waals surface area contributed by atoms with Crippen molar-refractivity contribution >= 4 is 10.0 Å². The predicted octanol–water partition coefficient (Wildman–Crippen LogP) is 1.84. The van der Waals surface area contributed by atoms with Crippen molar-refractivity contribution in [2.45, 2.75) is 37.5 Å². The normalized spacial score (nSPS) is 15.6. The second-order valence-electron chi connectivity index (χ2n) is 5.87. The Hall–Kier alpha value is -1.80. The quantitative estimate of drug-likeness (QED) is 0.872. The van der Waals surface area contributed by atoms with Crippen molar-refractivity contribution in [3.05, 3.63) is 47.3 Å². The maximum absolute atomic E-state index is 12.9. The predicted molar refractivity (Wildman–Crippen MR) is 83.5 cm³/mol. The van der Waals surface area contributed by atoms with Gasteiger partial charge in [0.05, 0.1) is 12.3 Å². The summed E-state index contributed by atoms with van der Waals surface area (Å²) in [5.74, 6) is 1.37. The Balaban J connectivity index is 1.62. The number of hydrogen-bond donors (Lipinski definition) is 1. The molecule has 124 valence electrons. The van der Waals surface area contributed by atoms with E-state index in [9.17, 15) is 12.8 Å². The molecule has 8 heteroatoms. The summed E-state index contributed by atoms with van der Waals surface area (Å²) >= 11 is 0. The Morgan fingerprint density at radius 1 is 1.26 bits per heavy atom. The fourth-order valence-electron chi connectivity index (χ4n) is 2.58. The van der Waals surface area contributed by atoms with E-state index in [1.54, 1.807) is 0 Å². The molecule has 0 saturated heterocycles. The molecule has 0 radical (unpaired) electrons. The molecule has 0 aliphatic heterocycles. The van der Waals surface area contributed by atoms with Gasteiger partial charge >= 0.3 is 0 Å². The van der Waals surface area contributed by atoms with Gasteiger partial charge in [-0.3, -0.25) is 0 Å². The number of halogens is 1. The smallest absolute Gasteiger partial charge is 0.216 e. The number of nitrogens with one attached hydrogen (secondary N) is 1. The highest BCUT2D eigenvalue weighted by Gasteiger charge is 2.25. The third-order valence-electron chi connectivity index (χ3n) is 4.19. The fourth-order valence-corrected chi connectivity index (χ4v) is 3.66. The van der Waals surface area contributed by atoms with Gasteiger partial charge in [-0.2, -0.15) is 0 Å². The van der Waals surface area contributed by atoms with Crippen LogP contribution >= 0.6 is 0 Å². The van der Waals surface area contributed by atoms with Crippen LogP contribution in [0.2, 0.25) is 0 Å². The van der Waals surface area contributed by atoms with E-state index in [1.807, 2.05) is 11.6 Å². The van der Waals surface area contributed by atoms with E-state index < -0.39 is 10.0 Å². The summed E-state index contributed by atoms with van der Waals surface area (Å²) in [6.07, 6.45) is 3.43. The van der Waals surface area contributed by atoms with E-state index in [1.165, 1.54) is 30.7 Å². The van der Waals surface area contributed by atoms with Crippen LogP contribution in [0.15, 0.2) is 24.3 Å². The molecular formula is C15H19FN4O2S. The van der Waals surface area contributed by atoms with Crippen LogP contribution in [-0.2, 0) is 29.4 Å². The fraction of sp³-hybridized carbons (Fsp3) is 0.467. The minimum atomic E-state index is -3.52. The molecule has 23 heavy (non-hydrogen) atoms. The Bertz CT molecular complexity index is 782. The van der Waals surface area contributed by atoms with Crippen LogP contribution in [0.4, 0.5) is 4.39 Å². The number of aromatic nitrogens is 3. The number of benzene rings is 1. The average molecular weight is 338 g/mol. The highest BCUT2D eigenvalue weighted by molar-refractivity contribution is 7.88. The molecule has 0 spiro atoms. The lowest BCUT2D eigenvalue weighted by atomic mass is 9.85. The second kappa shape index (κ2) is 6.37. The van der Waals surface area contributed by atoms with Gasteiger partial charge in [-0.15, -0.1) is 10.2 Å². The second-order valence-corrected chi connectivity index (χ2v) is 7.67. The van der Waals surface area contributed by atoms with Crippen molar-refractivity contribution in [3.8, 4) is 0 Å². The largest absolute Gasteiger partial charge is 0.317 e. The third kappa shape index (κ3) is 3.76. The first kappa shape index (κ1) is 16.1. The van der Waals surface area contributed by atoms with Crippen molar-refractivity contribution in [1.29, 1.82) is 0 Å². The summed E-state index contributed by atoms with van der Waals surface area (Å²) in [5.41, 5.74) is 0.534. The van der Waals surface area contributed by atoms with E-state index in [-0.39, 0.29) is 18.1 Å². The summed E-state index contributed by atoms with van der Waals surface area (Å²) < 4.78 is 41.5. The summed E-state index contributed by atoms with van der Waals surface area (Å²) in [6.45, 7) is 0.0970. The Morgan fingerprint density at radius 2 is 1.96 bits per heavy atom. The lowest BCUT2D eigenvalue weighted by molar-refractivity contribution is 0.391. The first-order chi connectivity index (χ1) is 10.9. The van der Waals surface area contributed by atoms with Gasteiger partial charge in [0.25, 0.3) is 0 Å². The minimum absolute atomic E-state index is 0.0970. The molecular weight excluding hydrogens is 319 g/mol. The number of hydrogen-bond acceptors (Lipinski definition) is 4. The molecule has 0 amide bonds. The van der Waals surface area contributed by atoms with Crippen molar-refractivity contribution in [1.82, 2.24) is 19.5 Å². The topological polar surface area (TPSA) is 76.9 Å². The highest BCUT2D eigenvalue weighted by atomic mass is 32.2. The third-order valence-corrected chi connectivity index (χ3v) is 5.49. The zero-order valence-electron chi connectivity index (χ0n) is 12.9. The number of rotatable bonds is 6. The molecule has 2 aromatic rings. The first-order valence-electron chi connectivity index (χ1n) is 7.54. The van der Waals surface area contributed by atoms with Gasteiger partial charge in [-0.05, 0) is 30.5 Å². The Morgan fingerprint density at radius 3 is 2.57 bits per heavy atom. The molecule has 6 nitrogen and oxygen atoms in total. The maximum Gasteiger partial charge on any atom is 0.216 e.